The van der Waals surface area contributed by atoms with Gasteiger partial charge in [0, 0.05) is 19.1 Å². The van der Waals surface area contributed by atoms with Crippen LogP contribution in [0.3, 0.4) is 0 Å². The highest BCUT2D eigenvalue weighted by Crippen LogP contribution is 2.24. The molecular weight excluding hydrogens is 272 g/mol. The lowest BCUT2D eigenvalue weighted by Gasteiger charge is -2.25. The van der Waals surface area contributed by atoms with Gasteiger partial charge in [-0.3, -0.25) is 4.79 Å². The number of benzene rings is 1. The first kappa shape index (κ1) is 15.6. The minimum Gasteiger partial charge on any atom is -0.507 e. The molecule has 0 aliphatic carbocycles. The van der Waals surface area contributed by atoms with Gasteiger partial charge >= 0.3 is 0 Å². The summed E-state index contributed by atoms with van der Waals surface area (Å²) in [5.41, 5.74) is 0.195. The number of amides is 1. The Morgan fingerprint density at radius 1 is 1.52 bits per heavy atom. The molecule has 21 heavy (non-hydrogen) atoms. The van der Waals surface area contributed by atoms with E-state index >= 15 is 0 Å². The van der Waals surface area contributed by atoms with Crippen molar-refractivity contribution >= 4 is 5.91 Å². The predicted molar refractivity (Wildman–Crippen MR) is 78.7 cm³/mol. The second-order valence-electron chi connectivity index (χ2n) is 5.15. The van der Waals surface area contributed by atoms with Crippen LogP contribution in [0.4, 0.5) is 0 Å². The Morgan fingerprint density at radius 3 is 2.95 bits per heavy atom. The summed E-state index contributed by atoms with van der Waals surface area (Å²) in [6, 6.07) is 4.80. The number of phenols is 1. The number of hydrogen-bond donors (Lipinski definition) is 3. The molecule has 0 aromatic heterocycles. The summed E-state index contributed by atoms with van der Waals surface area (Å²) in [4.78, 5) is 14.1. The number of ether oxygens (including phenoxy) is 1. The molecular formula is C15H22N2O4. The number of carbonyl (C=O) groups excluding carboxylic acids is 1. The van der Waals surface area contributed by atoms with E-state index in [2.05, 4.69) is 5.32 Å². The van der Waals surface area contributed by atoms with Crippen LogP contribution in [0.15, 0.2) is 18.2 Å². The average molecular weight is 294 g/mol. The lowest BCUT2D eigenvalue weighted by atomic mass is 10.1. The molecule has 0 radical (unpaired) electrons. The average Bonchev–Trinajstić information content (AvgIpc) is 3.00. The van der Waals surface area contributed by atoms with E-state index in [0.29, 0.717) is 12.3 Å². The van der Waals surface area contributed by atoms with Gasteiger partial charge in [-0.05, 0) is 37.6 Å². The first-order chi connectivity index (χ1) is 10.2. The number of carbonyl (C=O) groups is 1. The largest absolute Gasteiger partial charge is 0.507 e. The first-order valence-corrected chi connectivity index (χ1v) is 7.16. The summed E-state index contributed by atoms with van der Waals surface area (Å²) in [7, 11) is 1.51. The molecule has 0 bridgehead atoms. The zero-order valence-corrected chi connectivity index (χ0v) is 12.2. The van der Waals surface area contributed by atoms with Crippen molar-refractivity contribution in [2.75, 3.05) is 33.4 Å². The molecule has 6 heteroatoms. The SMILES string of the molecule is COc1ccc(O)c(C(=O)N(CCO)CC2CCCN2)c1. The maximum atomic E-state index is 12.6. The third-order valence-corrected chi connectivity index (χ3v) is 3.69. The summed E-state index contributed by atoms with van der Waals surface area (Å²) < 4.78 is 5.09. The summed E-state index contributed by atoms with van der Waals surface area (Å²) >= 11 is 0. The molecule has 1 fully saturated rings. The van der Waals surface area contributed by atoms with Gasteiger partial charge in [0.2, 0.25) is 0 Å². The molecule has 0 saturated carbocycles. The molecule has 1 aromatic carbocycles. The Bertz CT molecular complexity index is 487. The van der Waals surface area contributed by atoms with Gasteiger partial charge in [0.25, 0.3) is 5.91 Å². The lowest BCUT2D eigenvalue weighted by Crippen LogP contribution is -2.42. The molecule has 6 nitrogen and oxygen atoms in total. The van der Waals surface area contributed by atoms with Gasteiger partial charge < -0.3 is 25.2 Å². The molecule has 1 heterocycles. The van der Waals surface area contributed by atoms with Crippen LogP contribution in [-0.2, 0) is 0 Å². The van der Waals surface area contributed by atoms with E-state index in [1.165, 1.54) is 19.2 Å². The van der Waals surface area contributed by atoms with Gasteiger partial charge in [-0.2, -0.15) is 0 Å². The highest BCUT2D eigenvalue weighted by Gasteiger charge is 2.24. The van der Waals surface area contributed by atoms with E-state index in [-0.39, 0.29) is 36.4 Å². The Hall–Kier alpha value is -1.79. The Kier molecular flexibility index (Phi) is 5.41. The van der Waals surface area contributed by atoms with Crippen molar-refractivity contribution in [1.82, 2.24) is 10.2 Å². The topological polar surface area (TPSA) is 82.0 Å². The quantitative estimate of drug-likeness (QED) is 0.715. The van der Waals surface area contributed by atoms with E-state index in [9.17, 15) is 15.0 Å². The Labute approximate surface area is 124 Å². The number of aliphatic hydroxyl groups excluding tert-OH is 1. The van der Waals surface area contributed by atoms with Crippen LogP contribution < -0.4 is 10.1 Å². The lowest BCUT2D eigenvalue weighted by molar-refractivity contribution is 0.0703. The van der Waals surface area contributed by atoms with Gasteiger partial charge in [0.05, 0.1) is 19.3 Å². The molecule has 1 aliphatic rings. The normalized spacial score (nSPS) is 17.7. The minimum absolute atomic E-state index is 0.0804. The molecule has 1 unspecified atom stereocenters. The second-order valence-corrected chi connectivity index (χ2v) is 5.15. The molecule has 1 amide bonds. The smallest absolute Gasteiger partial charge is 0.257 e. The predicted octanol–water partition coefficient (Wildman–Crippen LogP) is 0.587. The summed E-state index contributed by atoms with van der Waals surface area (Å²) in [5, 5.41) is 22.4. The number of aromatic hydroxyl groups is 1. The highest BCUT2D eigenvalue weighted by molar-refractivity contribution is 5.97. The number of hydrogen-bond acceptors (Lipinski definition) is 5. The van der Waals surface area contributed by atoms with Crippen LogP contribution in [0, 0.1) is 0 Å². The van der Waals surface area contributed by atoms with Crippen molar-refractivity contribution in [2.45, 2.75) is 18.9 Å². The first-order valence-electron chi connectivity index (χ1n) is 7.16. The molecule has 3 N–H and O–H groups in total. The molecule has 1 aromatic rings. The Balaban J connectivity index is 2.16. The van der Waals surface area contributed by atoms with E-state index in [1.54, 1.807) is 11.0 Å². The van der Waals surface area contributed by atoms with Crippen LogP contribution >= 0.6 is 0 Å². The van der Waals surface area contributed by atoms with E-state index in [4.69, 9.17) is 4.74 Å². The molecule has 116 valence electrons. The second kappa shape index (κ2) is 7.28. The number of nitrogens with zero attached hydrogens (tertiary/aromatic N) is 1. The molecule has 1 atom stereocenters. The van der Waals surface area contributed by atoms with Crippen molar-refractivity contribution in [1.29, 1.82) is 0 Å². The maximum absolute atomic E-state index is 12.6. The van der Waals surface area contributed by atoms with Crippen LogP contribution in [0.2, 0.25) is 0 Å². The minimum atomic E-state index is -0.297. The van der Waals surface area contributed by atoms with E-state index in [0.717, 1.165) is 19.4 Å². The fourth-order valence-corrected chi connectivity index (χ4v) is 2.56. The van der Waals surface area contributed by atoms with E-state index in [1.807, 2.05) is 0 Å². The molecule has 0 spiro atoms. The number of aliphatic hydroxyl groups is 1. The number of methoxy groups -OCH3 is 1. The number of phenolic OH excluding ortho intramolecular Hbond substituents is 1. The molecule has 1 aliphatic heterocycles. The van der Waals surface area contributed by atoms with Crippen molar-refractivity contribution < 1.29 is 19.7 Å². The number of rotatable bonds is 6. The van der Waals surface area contributed by atoms with Gasteiger partial charge in [0.15, 0.2) is 0 Å². The van der Waals surface area contributed by atoms with Gasteiger partial charge in [-0.1, -0.05) is 0 Å². The standard InChI is InChI=1S/C15H22N2O4/c1-21-12-4-5-14(19)13(9-12)15(20)17(7-8-18)10-11-3-2-6-16-11/h4-5,9,11,16,18-19H,2-3,6-8,10H2,1H3. The summed E-state index contributed by atoms with van der Waals surface area (Å²) in [6.07, 6.45) is 2.11. The zero-order valence-electron chi connectivity index (χ0n) is 12.2. The highest BCUT2D eigenvalue weighted by atomic mass is 16.5. The van der Waals surface area contributed by atoms with Crippen LogP contribution in [0.25, 0.3) is 0 Å². The van der Waals surface area contributed by atoms with Crippen molar-refractivity contribution in [3.8, 4) is 11.5 Å². The monoisotopic (exact) mass is 294 g/mol. The maximum Gasteiger partial charge on any atom is 0.257 e. The van der Waals surface area contributed by atoms with E-state index < -0.39 is 0 Å². The van der Waals surface area contributed by atoms with Crippen molar-refractivity contribution in [3.05, 3.63) is 23.8 Å². The van der Waals surface area contributed by atoms with Crippen molar-refractivity contribution in [3.63, 3.8) is 0 Å². The van der Waals surface area contributed by atoms with Crippen molar-refractivity contribution in [2.24, 2.45) is 0 Å². The Morgan fingerprint density at radius 2 is 2.33 bits per heavy atom. The third-order valence-electron chi connectivity index (χ3n) is 3.69. The van der Waals surface area contributed by atoms with Gasteiger partial charge in [-0.25, -0.2) is 0 Å². The zero-order chi connectivity index (χ0) is 15.2. The third kappa shape index (κ3) is 3.86. The fourth-order valence-electron chi connectivity index (χ4n) is 2.56. The van der Waals surface area contributed by atoms with Gasteiger partial charge in [0.1, 0.15) is 11.5 Å². The van der Waals surface area contributed by atoms with Crippen LogP contribution in [0.5, 0.6) is 11.5 Å². The van der Waals surface area contributed by atoms with Crippen LogP contribution in [0.1, 0.15) is 23.2 Å². The summed E-state index contributed by atoms with van der Waals surface area (Å²) in [5.74, 6) is 0.136. The number of nitrogens with one attached hydrogen (secondary N) is 1. The summed E-state index contributed by atoms with van der Waals surface area (Å²) in [6.45, 7) is 1.61. The molecule has 1 saturated heterocycles. The molecule has 2 rings (SSSR count). The van der Waals surface area contributed by atoms with Crippen LogP contribution in [-0.4, -0.2) is 60.4 Å². The fraction of sp³-hybridized carbons (Fsp3) is 0.533. The van der Waals surface area contributed by atoms with Gasteiger partial charge in [-0.15, -0.1) is 0 Å².